The number of guanidine groups is 1. The molecule has 1 atom stereocenters. The lowest BCUT2D eigenvalue weighted by Gasteiger charge is -2.40. The first-order valence-electron chi connectivity index (χ1n) is 10.7. The first-order valence-corrected chi connectivity index (χ1v) is 10.7. The van der Waals surface area contributed by atoms with Gasteiger partial charge >= 0.3 is 0 Å². The van der Waals surface area contributed by atoms with Gasteiger partial charge in [-0.1, -0.05) is 37.3 Å². The number of piperidine rings is 1. The molecule has 0 spiro atoms. The minimum Gasteiger partial charge on any atom is -0.354 e. The van der Waals surface area contributed by atoms with Crippen LogP contribution in [0.2, 0.25) is 0 Å². The van der Waals surface area contributed by atoms with Crippen LogP contribution in [0.5, 0.6) is 0 Å². The molecule has 1 aromatic carbocycles. The Hall–Kier alpha value is -2.41. The third-order valence-corrected chi connectivity index (χ3v) is 5.84. The fraction of sp³-hybridized carbons (Fsp3) is 0.591. The lowest BCUT2D eigenvalue weighted by atomic mass is 10.0. The number of benzene rings is 1. The fourth-order valence-electron chi connectivity index (χ4n) is 4.29. The summed E-state index contributed by atoms with van der Waals surface area (Å²) in [6.45, 7) is 6.96. The molecule has 2 fully saturated rings. The summed E-state index contributed by atoms with van der Waals surface area (Å²) in [5.74, 6) is 0.727. The number of piperazine rings is 1. The Morgan fingerprint density at radius 3 is 2.31 bits per heavy atom. The van der Waals surface area contributed by atoms with Crippen LogP contribution in [-0.2, 0) is 9.59 Å². The summed E-state index contributed by atoms with van der Waals surface area (Å²) in [4.78, 5) is 34.4. The maximum atomic E-state index is 11.9. The molecule has 2 amide bonds. The Labute approximate surface area is 173 Å². The molecule has 7 heteroatoms. The summed E-state index contributed by atoms with van der Waals surface area (Å²) in [6, 6.07) is 11.2. The van der Waals surface area contributed by atoms with Gasteiger partial charge in [-0.05, 0) is 18.4 Å². The normalized spacial score (nSPS) is 20.1. The van der Waals surface area contributed by atoms with E-state index >= 15 is 0 Å². The molecule has 2 aliphatic heterocycles. The summed E-state index contributed by atoms with van der Waals surface area (Å²) in [6.07, 6.45) is 2.72. The van der Waals surface area contributed by atoms with Crippen molar-refractivity contribution in [3.8, 4) is 0 Å². The number of hydrogen-bond acceptors (Lipinski definition) is 4. The lowest BCUT2D eigenvalue weighted by molar-refractivity contribution is -0.147. The van der Waals surface area contributed by atoms with Gasteiger partial charge in [0.15, 0.2) is 5.96 Å². The van der Waals surface area contributed by atoms with Gasteiger partial charge in [-0.25, -0.2) is 0 Å². The number of imide groups is 1. The molecule has 2 saturated heterocycles. The van der Waals surface area contributed by atoms with Gasteiger partial charge in [0, 0.05) is 65.2 Å². The maximum absolute atomic E-state index is 11.9. The summed E-state index contributed by atoms with van der Waals surface area (Å²) < 4.78 is 0. The van der Waals surface area contributed by atoms with E-state index in [2.05, 4.69) is 57.4 Å². The van der Waals surface area contributed by atoms with E-state index < -0.39 is 0 Å². The molecule has 1 aromatic rings. The van der Waals surface area contributed by atoms with Crippen molar-refractivity contribution in [1.29, 1.82) is 0 Å². The number of nitrogens with one attached hydrogen (secondary N) is 1. The second-order valence-electron chi connectivity index (χ2n) is 7.62. The minimum atomic E-state index is -0.0572. The van der Waals surface area contributed by atoms with Crippen LogP contribution in [0.15, 0.2) is 35.3 Å². The van der Waals surface area contributed by atoms with Gasteiger partial charge in [0.1, 0.15) is 0 Å². The van der Waals surface area contributed by atoms with E-state index in [1.54, 1.807) is 7.05 Å². The molecule has 0 saturated carbocycles. The molecule has 2 heterocycles. The first kappa shape index (κ1) is 21.3. The molecule has 0 bridgehead atoms. The van der Waals surface area contributed by atoms with E-state index in [9.17, 15) is 9.59 Å². The number of nitrogens with zero attached hydrogens (tertiary/aromatic N) is 4. The largest absolute Gasteiger partial charge is 0.354 e. The number of carbonyl (C=O) groups excluding carboxylic acids is 2. The van der Waals surface area contributed by atoms with E-state index in [-0.39, 0.29) is 11.8 Å². The predicted molar refractivity (Wildman–Crippen MR) is 115 cm³/mol. The maximum Gasteiger partial charge on any atom is 0.229 e. The van der Waals surface area contributed by atoms with Crippen molar-refractivity contribution < 1.29 is 9.59 Å². The summed E-state index contributed by atoms with van der Waals surface area (Å²) >= 11 is 0. The summed E-state index contributed by atoms with van der Waals surface area (Å²) in [5, 5.41) is 3.33. The zero-order valence-electron chi connectivity index (χ0n) is 17.6. The van der Waals surface area contributed by atoms with Gasteiger partial charge in [0.25, 0.3) is 0 Å². The van der Waals surface area contributed by atoms with Crippen molar-refractivity contribution >= 4 is 17.8 Å². The lowest BCUT2D eigenvalue weighted by Crippen LogP contribution is -2.54. The van der Waals surface area contributed by atoms with Crippen molar-refractivity contribution in [2.75, 3.05) is 46.3 Å². The second kappa shape index (κ2) is 10.4. The van der Waals surface area contributed by atoms with Crippen LogP contribution < -0.4 is 5.32 Å². The molecule has 1 N–H and O–H groups in total. The van der Waals surface area contributed by atoms with Crippen molar-refractivity contribution in [3.05, 3.63) is 35.9 Å². The fourth-order valence-corrected chi connectivity index (χ4v) is 4.29. The number of aliphatic imine (C=N–C) groups is 1. The molecule has 2 aliphatic rings. The van der Waals surface area contributed by atoms with Crippen LogP contribution in [0.4, 0.5) is 0 Å². The molecule has 1 unspecified atom stereocenters. The van der Waals surface area contributed by atoms with E-state index in [1.807, 2.05) is 0 Å². The number of hydrogen-bond donors (Lipinski definition) is 1. The Kier molecular flexibility index (Phi) is 7.63. The molecule has 0 radical (unpaired) electrons. The van der Waals surface area contributed by atoms with Gasteiger partial charge in [0.2, 0.25) is 11.8 Å². The highest BCUT2D eigenvalue weighted by Gasteiger charge is 2.27. The minimum absolute atomic E-state index is 0.0572. The Morgan fingerprint density at radius 1 is 1.07 bits per heavy atom. The Morgan fingerprint density at radius 2 is 1.72 bits per heavy atom. The summed E-state index contributed by atoms with van der Waals surface area (Å²) in [5.41, 5.74) is 1.38. The average Bonchev–Trinajstić information content (AvgIpc) is 2.75. The SMILES string of the molecule is CCC(c1ccccc1)N1CCN(C(=NC)NCCN2C(=O)CCCC2=O)CC1. The predicted octanol–water partition coefficient (Wildman–Crippen LogP) is 1.87. The molecule has 0 aromatic heterocycles. The number of amides is 2. The monoisotopic (exact) mass is 399 g/mol. The second-order valence-corrected chi connectivity index (χ2v) is 7.62. The highest BCUT2D eigenvalue weighted by molar-refractivity contribution is 5.97. The van der Waals surface area contributed by atoms with Gasteiger partial charge in [-0.15, -0.1) is 0 Å². The van der Waals surface area contributed by atoms with E-state index in [0.717, 1.165) is 38.6 Å². The zero-order valence-corrected chi connectivity index (χ0v) is 17.6. The van der Waals surface area contributed by atoms with Crippen LogP contribution in [0, 0.1) is 0 Å². The Balaban J connectivity index is 1.48. The van der Waals surface area contributed by atoms with E-state index in [1.165, 1.54) is 10.5 Å². The van der Waals surface area contributed by atoms with Gasteiger partial charge in [0.05, 0.1) is 0 Å². The molecule has 0 aliphatic carbocycles. The van der Waals surface area contributed by atoms with Crippen molar-refractivity contribution in [2.24, 2.45) is 4.99 Å². The zero-order chi connectivity index (χ0) is 20.6. The topological polar surface area (TPSA) is 68.2 Å². The standard InChI is InChI=1S/C22H33N5O2/c1-3-19(18-8-5-4-6-9-18)25-14-16-26(17-15-25)22(23-2)24-12-13-27-20(28)10-7-11-21(27)29/h4-6,8-9,19H,3,7,10-17H2,1-2H3,(H,23,24). The molecular formula is C22H33N5O2. The smallest absolute Gasteiger partial charge is 0.229 e. The van der Waals surface area contributed by atoms with E-state index in [4.69, 9.17) is 0 Å². The van der Waals surface area contributed by atoms with Gasteiger partial charge in [-0.3, -0.25) is 24.4 Å². The van der Waals surface area contributed by atoms with Crippen molar-refractivity contribution in [2.45, 2.75) is 38.6 Å². The van der Waals surface area contributed by atoms with Crippen LogP contribution in [-0.4, -0.2) is 78.8 Å². The number of rotatable bonds is 6. The molecule has 7 nitrogen and oxygen atoms in total. The third kappa shape index (κ3) is 5.35. The molecule has 158 valence electrons. The van der Waals surface area contributed by atoms with Crippen LogP contribution >= 0.6 is 0 Å². The molecule has 29 heavy (non-hydrogen) atoms. The van der Waals surface area contributed by atoms with Gasteiger partial charge in [-0.2, -0.15) is 0 Å². The van der Waals surface area contributed by atoms with Crippen molar-refractivity contribution in [1.82, 2.24) is 20.0 Å². The van der Waals surface area contributed by atoms with Crippen molar-refractivity contribution in [3.63, 3.8) is 0 Å². The van der Waals surface area contributed by atoms with Crippen LogP contribution in [0.25, 0.3) is 0 Å². The van der Waals surface area contributed by atoms with Gasteiger partial charge < -0.3 is 10.2 Å². The molecule has 3 rings (SSSR count). The Bertz CT molecular complexity index is 697. The third-order valence-electron chi connectivity index (χ3n) is 5.84. The molecular weight excluding hydrogens is 366 g/mol. The quantitative estimate of drug-likeness (QED) is 0.449. The van der Waals surface area contributed by atoms with Crippen LogP contribution in [0.1, 0.15) is 44.2 Å². The number of likely N-dealkylation sites (tertiary alicyclic amines) is 1. The van der Waals surface area contributed by atoms with E-state index in [0.29, 0.717) is 38.4 Å². The number of carbonyl (C=O) groups is 2. The average molecular weight is 400 g/mol. The first-order chi connectivity index (χ1) is 14.1. The summed E-state index contributed by atoms with van der Waals surface area (Å²) in [7, 11) is 1.78. The highest BCUT2D eigenvalue weighted by atomic mass is 16.2. The van der Waals surface area contributed by atoms with Crippen LogP contribution in [0.3, 0.4) is 0 Å². The highest BCUT2D eigenvalue weighted by Crippen LogP contribution is 2.25.